The van der Waals surface area contributed by atoms with Crippen LogP contribution in [-0.2, 0) is 18.6 Å². The van der Waals surface area contributed by atoms with Gasteiger partial charge in [-0.2, -0.15) is 0 Å². The molecule has 0 aromatic heterocycles. The fourth-order valence-corrected chi connectivity index (χ4v) is 9.83. The summed E-state index contributed by atoms with van der Waals surface area (Å²) in [4.78, 5) is 0. The van der Waals surface area contributed by atoms with E-state index in [1.54, 1.807) is 0 Å². The van der Waals surface area contributed by atoms with Crippen molar-refractivity contribution in [3.8, 4) is 0 Å². The summed E-state index contributed by atoms with van der Waals surface area (Å²) < 4.78 is 25.8. The second-order valence-corrected chi connectivity index (χ2v) is 14.8. The van der Waals surface area contributed by atoms with Gasteiger partial charge in [-0.15, -0.1) is 6.58 Å². The highest BCUT2D eigenvalue weighted by atomic mass is 28.4. The maximum Gasteiger partial charge on any atom is 0.261 e. The molecule has 0 spiro atoms. The Kier molecular flexibility index (Phi) is 6.01. The molecule has 0 radical (unpaired) electrons. The van der Waals surface area contributed by atoms with Gasteiger partial charge in [0.05, 0.1) is 6.61 Å². The van der Waals surface area contributed by atoms with Gasteiger partial charge in [0.1, 0.15) is 11.7 Å². The largest absolute Gasteiger partial charge is 0.404 e. The lowest BCUT2D eigenvalue weighted by Crippen LogP contribution is -2.67. The molecule has 2 aromatic carbocycles. The molecule has 0 unspecified atom stereocenters. The highest BCUT2D eigenvalue weighted by molar-refractivity contribution is 6.99. The predicted octanol–water partition coefficient (Wildman–Crippen LogP) is 4.63. The summed E-state index contributed by atoms with van der Waals surface area (Å²) in [6.07, 6.45) is 1.32. The van der Waals surface area contributed by atoms with E-state index in [0.29, 0.717) is 6.61 Å². The highest BCUT2D eigenvalue weighted by Crippen LogP contribution is 2.47. The van der Waals surface area contributed by atoms with E-state index in [1.807, 2.05) is 19.9 Å². The zero-order valence-corrected chi connectivity index (χ0v) is 21.1. The van der Waals surface area contributed by atoms with Crippen LogP contribution in [-0.4, -0.2) is 38.7 Å². The van der Waals surface area contributed by atoms with Crippen LogP contribution in [0.4, 0.5) is 0 Å². The lowest BCUT2D eigenvalue weighted by atomic mass is 9.88. The Balaban J connectivity index is 1.74. The van der Waals surface area contributed by atoms with Gasteiger partial charge < -0.3 is 18.6 Å². The number of ether oxygens (including phenoxy) is 3. The molecule has 2 heterocycles. The molecule has 0 N–H and O–H groups in total. The molecule has 2 saturated heterocycles. The Morgan fingerprint density at radius 1 is 0.938 bits per heavy atom. The number of benzene rings is 2. The minimum Gasteiger partial charge on any atom is -0.404 e. The van der Waals surface area contributed by atoms with Crippen molar-refractivity contribution >= 4 is 18.7 Å². The van der Waals surface area contributed by atoms with E-state index in [1.165, 1.54) is 10.4 Å². The van der Waals surface area contributed by atoms with Crippen molar-refractivity contribution in [1.82, 2.24) is 0 Å². The SMILES string of the molecule is C=C[C@]1(CO[Si](c2ccccc2)(c2ccccc2)C(C)(C)C)O[C@@H]2OC(C)(C)O[C@@H]2[C@@H]1C. The van der Waals surface area contributed by atoms with Crippen LogP contribution in [0.25, 0.3) is 0 Å². The number of hydrogen-bond donors (Lipinski definition) is 0. The maximum atomic E-state index is 7.16. The molecule has 5 heteroatoms. The van der Waals surface area contributed by atoms with Gasteiger partial charge in [-0.05, 0) is 29.3 Å². The zero-order valence-electron chi connectivity index (χ0n) is 20.1. The molecule has 0 saturated carbocycles. The summed E-state index contributed by atoms with van der Waals surface area (Å²) in [7, 11) is -2.68. The average molecular weight is 453 g/mol. The van der Waals surface area contributed by atoms with E-state index in [2.05, 4.69) is 94.9 Å². The van der Waals surface area contributed by atoms with Crippen molar-refractivity contribution < 1.29 is 18.6 Å². The maximum absolute atomic E-state index is 7.16. The van der Waals surface area contributed by atoms with E-state index in [9.17, 15) is 0 Å². The van der Waals surface area contributed by atoms with E-state index < -0.39 is 26.0 Å². The molecule has 4 rings (SSSR count). The first-order valence-electron chi connectivity index (χ1n) is 11.5. The summed E-state index contributed by atoms with van der Waals surface area (Å²) >= 11 is 0. The molecule has 2 aromatic rings. The molecule has 172 valence electrons. The first kappa shape index (κ1) is 23.4. The summed E-state index contributed by atoms with van der Waals surface area (Å²) in [6, 6.07) is 21.3. The fraction of sp³-hybridized carbons (Fsp3) is 0.481. The quantitative estimate of drug-likeness (QED) is 0.473. The van der Waals surface area contributed by atoms with Crippen molar-refractivity contribution in [1.29, 1.82) is 0 Å². The van der Waals surface area contributed by atoms with Gasteiger partial charge in [0.25, 0.3) is 8.32 Å². The molecular weight excluding hydrogens is 416 g/mol. The second kappa shape index (κ2) is 8.23. The minimum absolute atomic E-state index is 0.0463. The van der Waals surface area contributed by atoms with Gasteiger partial charge in [0, 0.05) is 5.92 Å². The Labute approximate surface area is 193 Å². The summed E-state index contributed by atoms with van der Waals surface area (Å²) in [5, 5.41) is 2.39. The molecular formula is C27H36O4Si. The minimum atomic E-state index is -2.68. The van der Waals surface area contributed by atoms with Gasteiger partial charge in [0.2, 0.25) is 0 Å². The smallest absolute Gasteiger partial charge is 0.261 e. The number of fused-ring (bicyclic) bond motifs is 1. The molecule has 0 amide bonds. The Bertz CT molecular complexity index is 898. The lowest BCUT2D eigenvalue weighted by molar-refractivity contribution is -0.226. The first-order valence-corrected chi connectivity index (χ1v) is 13.4. The molecule has 32 heavy (non-hydrogen) atoms. The summed E-state index contributed by atoms with van der Waals surface area (Å²) in [5.41, 5.74) is -0.682. The monoisotopic (exact) mass is 452 g/mol. The van der Waals surface area contributed by atoms with Crippen LogP contribution in [0.2, 0.25) is 5.04 Å². The standard InChI is InChI=1S/C27H36O4Si/c1-8-27(20(2)23-24(31-27)30-26(6,7)29-23)19-28-32(25(3,4)5,21-15-11-9-12-16-21)22-17-13-10-14-18-22/h8-18,20,23-24H,1,19H2,2-7H3/t20-,23+,24-,27+/m0/s1. The molecule has 2 aliphatic heterocycles. The van der Waals surface area contributed by atoms with E-state index in [-0.39, 0.29) is 17.1 Å². The predicted molar refractivity (Wildman–Crippen MR) is 131 cm³/mol. The van der Waals surface area contributed by atoms with Gasteiger partial charge >= 0.3 is 0 Å². The highest BCUT2D eigenvalue weighted by Gasteiger charge is 2.60. The Morgan fingerprint density at radius 2 is 1.47 bits per heavy atom. The van der Waals surface area contributed by atoms with Gasteiger partial charge in [0.15, 0.2) is 12.1 Å². The number of hydrogen-bond acceptors (Lipinski definition) is 4. The average Bonchev–Trinajstić information content (AvgIpc) is 3.19. The molecule has 2 fully saturated rings. The van der Waals surface area contributed by atoms with Gasteiger partial charge in [-0.3, -0.25) is 0 Å². The molecule has 0 bridgehead atoms. The van der Waals surface area contributed by atoms with Crippen LogP contribution >= 0.6 is 0 Å². The fourth-order valence-electron chi connectivity index (χ4n) is 5.23. The topological polar surface area (TPSA) is 36.9 Å². The van der Waals surface area contributed by atoms with Gasteiger partial charge in [-0.25, -0.2) is 0 Å². The van der Waals surface area contributed by atoms with Crippen molar-refractivity contribution in [2.45, 2.75) is 70.4 Å². The second-order valence-electron chi connectivity index (χ2n) is 10.5. The Morgan fingerprint density at radius 3 is 1.91 bits per heavy atom. The van der Waals surface area contributed by atoms with Crippen molar-refractivity contribution in [3.05, 3.63) is 73.3 Å². The third-order valence-corrected chi connectivity index (χ3v) is 11.9. The number of rotatable bonds is 6. The van der Waals surface area contributed by atoms with Crippen LogP contribution in [0.15, 0.2) is 73.3 Å². The lowest BCUT2D eigenvalue weighted by Gasteiger charge is -2.45. The summed E-state index contributed by atoms with van der Waals surface area (Å²) in [5.74, 6) is -0.597. The third-order valence-electron chi connectivity index (χ3n) is 6.96. The van der Waals surface area contributed by atoms with E-state index >= 15 is 0 Å². The van der Waals surface area contributed by atoms with Crippen LogP contribution < -0.4 is 10.4 Å². The zero-order chi connectivity index (χ0) is 23.2. The Hall–Kier alpha value is -1.76. The normalized spacial score (nSPS) is 29.6. The molecule has 4 atom stereocenters. The van der Waals surface area contributed by atoms with E-state index in [0.717, 1.165) is 0 Å². The molecule has 4 nitrogen and oxygen atoms in total. The van der Waals surface area contributed by atoms with Gasteiger partial charge in [-0.1, -0.05) is 94.4 Å². The molecule has 0 aliphatic carbocycles. The van der Waals surface area contributed by atoms with Crippen LogP contribution in [0.3, 0.4) is 0 Å². The van der Waals surface area contributed by atoms with Crippen LogP contribution in [0.1, 0.15) is 41.5 Å². The van der Waals surface area contributed by atoms with Crippen molar-refractivity contribution in [3.63, 3.8) is 0 Å². The van der Waals surface area contributed by atoms with Crippen molar-refractivity contribution in [2.75, 3.05) is 6.61 Å². The van der Waals surface area contributed by atoms with Crippen LogP contribution in [0, 0.1) is 5.92 Å². The summed E-state index contributed by atoms with van der Waals surface area (Å²) in [6.45, 7) is 17.4. The molecule has 2 aliphatic rings. The third kappa shape index (κ3) is 3.80. The van der Waals surface area contributed by atoms with Crippen molar-refractivity contribution in [2.24, 2.45) is 5.92 Å². The van der Waals surface area contributed by atoms with Crippen LogP contribution in [0.5, 0.6) is 0 Å². The van der Waals surface area contributed by atoms with E-state index in [4.69, 9.17) is 18.6 Å². The first-order chi connectivity index (χ1) is 15.0.